The second kappa shape index (κ2) is 11.2. The molecule has 0 radical (unpaired) electrons. The Hall–Kier alpha value is -2.98. The number of fused-ring (bicyclic) bond motifs is 1. The van der Waals surface area contributed by atoms with E-state index in [-0.39, 0.29) is 40.1 Å². The number of H-pyrrole nitrogens is 1. The molecule has 2 aliphatic rings. The normalized spacial score (nSPS) is 19.5. The Morgan fingerprint density at radius 2 is 2.03 bits per heavy atom. The van der Waals surface area contributed by atoms with Crippen LogP contribution in [0.1, 0.15) is 51.0 Å². The van der Waals surface area contributed by atoms with Gasteiger partial charge in [-0.3, -0.25) is 9.69 Å². The average Bonchev–Trinajstić information content (AvgIpc) is 3.65. The number of aromatic hydroxyl groups is 1. The first-order chi connectivity index (χ1) is 17.7. The van der Waals surface area contributed by atoms with Crippen molar-refractivity contribution in [3.63, 3.8) is 0 Å². The monoisotopic (exact) mass is 535 g/mol. The van der Waals surface area contributed by atoms with E-state index in [2.05, 4.69) is 39.0 Å². The third-order valence-corrected chi connectivity index (χ3v) is 7.24. The molecular formula is C26H32ClF2N5O3. The lowest BCUT2D eigenvalue weighted by Gasteiger charge is -2.19. The number of aromatic amines is 1. The largest absolute Gasteiger partial charge is 0.508 e. The number of ether oxygens (including phenoxy) is 1. The number of rotatable bonds is 6. The third kappa shape index (κ3) is 5.50. The quantitative estimate of drug-likeness (QED) is 0.396. The minimum atomic E-state index is -0.745. The third-order valence-electron chi connectivity index (χ3n) is 6.92. The molecule has 3 N–H and O–H groups in total. The number of phenols is 1. The number of phenolic OH excluding ortho intramolecular Hbond substituents is 1. The molecule has 1 saturated heterocycles. The second-order valence-corrected chi connectivity index (χ2v) is 9.73. The number of nitrogens with one attached hydrogen (secondary N) is 2. The van der Waals surface area contributed by atoms with Gasteiger partial charge in [0.15, 0.2) is 5.82 Å². The van der Waals surface area contributed by atoms with Crippen LogP contribution in [0.15, 0.2) is 16.9 Å². The number of hydrogen-bond acceptors (Lipinski definition) is 7. The van der Waals surface area contributed by atoms with Gasteiger partial charge in [-0.05, 0) is 55.8 Å². The van der Waals surface area contributed by atoms with Crippen molar-refractivity contribution >= 4 is 28.3 Å². The van der Waals surface area contributed by atoms with Gasteiger partial charge in [0, 0.05) is 30.2 Å². The van der Waals surface area contributed by atoms with Crippen molar-refractivity contribution in [2.75, 3.05) is 32.6 Å². The molecule has 0 bridgehead atoms. The molecule has 3 aromatic rings. The molecule has 1 aliphatic heterocycles. The maximum Gasteiger partial charge on any atom is 0.318 e. The summed E-state index contributed by atoms with van der Waals surface area (Å²) in [6.07, 6.45) is 3.11. The minimum Gasteiger partial charge on any atom is -0.508 e. The van der Waals surface area contributed by atoms with Gasteiger partial charge in [-0.25, -0.2) is 8.78 Å². The highest BCUT2D eigenvalue weighted by atomic mass is 35.5. The molecule has 1 saturated carbocycles. The number of nitrogens with zero attached hydrogens (tertiary/aromatic N) is 3. The fourth-order valence-corrected chi connectivity index (χ4v) is 5.32. The molecule has 1 aromatic carbocycles. The molecule has 5 rings (SSSR count). The number of hydrogen-bond donors (Lipinski definition) is 3. The number of pyridine rings is 1. The lowest BCUT2D eigenvalue weighted by atomic mass is 9.98. The molecule has 37 heavy (non-hydrogen) atoms. The van der Waals surface area contributed by atoms with E-state index in [1.807, 2.05) is 0 Å². The van der Waals surface area contributed by atoms with Crippen molar-refractivity contribution in [2.24, 2.45) is 0 Å². The zero-order chi connectivity index (χ0) is 26.9. The van der Waals surface area contributed by atoms with Gasteiger partial charge in [0.2, 0.25) is 0 Å². The van der Waals surface area contributed by atoms with Gasteiger partial charge >= 0.3 is 6.01 Å². The van der Waals surface area contributed by atoms with Crippen LogP contribution >= 0.6 is 11.6 Å². The molecule has 8 nitrogen and oxygen atoms in total. The summed E-state index contributed by atoms with van der Waals surface area (Å²) >= 11 is 6.30. The Balaban J connectivity index is 0.000000270. The molecule has 1 aliphatic carbocycles. The van der Waals surface area contributed by atoms with Gasteiger partial charge in [0.1, 0.15) is 28.6 Å². The first kappa shape index (κ1) is 27.1. The van der Waals surface area contributed by atoms with Gasteiger partial charge in [-0.1, -0.05) is 25.4 Å². The van der Waals surface area contributed by atoms with E-state index >= 15 is 4.39 Å². The van der Waals surface area contributed by atoms with Crippen molar-refractivity contribution in [2.45, 2.75) is 57.7 Å². The van der Waals surface area contributed by atoms with E-state index in [0.29, 0.717) is 28.7 Å². The van der Waals surface area contributed by atoms with Gasteiger partial charge < -0.3 is 20.1 Å². The standard InChI is InChI=1S/C18H16ClFN4O3.C8H16FN/c1-21-16-12-15(23-18(24-16)27-2)13(20)14(22-17(12)26)9-5-8(25)6-10(19)11(9)7-3-4-7;1-3-8-5-7(9)6-10(8)4-2/h5-7,25H,3-4H2,1-2H3,(H,22,26)(H,21,23,24);7-8H,3-6H2,1-2H3. The summed E-state index contributed by atoms with van der Waals surface area (Å²) in [6, 6.07) is 3.26. The van der Waals surface area contributed by atoms with Crippen LogP contribution in [0.2, 0.25) is 5.02 Å². The molecule has 200 valence electrons. The van der Waals surface area contributed by atoms with Gasteiger partial charge in [-0.2, -0.15) is 9.97 Å². The molecule has 0 spiro atoms. The first-order valence-corrected chi connectivity index (χ1v) is 12.9. The predicted octanol–water partition coefficient (Wildman–Crippen LogP) is 5.24. The van der Waals surface area contributed by atoms with Crippen LogP contribution in [-0.4, -0.2) is 64.4 Å². The van der Waals surface area contributed by atoms with Crippen LogP contribution in [0.4, 0.5) is 14.6 Å². The number of likely N-dealkylation sites (tertiary alicyclic amines) is 1. The van der Waals surface area contributed by atoms with Gasteiger partial charge in [-0.15, -0.1) is 0 Å². The molecule has 2 atom stereocenters. The number of halogens is 3. The van der Waals surface area contributed by atoms with Crippen molar-refractivity contribution in [3.05, 3.63) is 38.9 Å². The summed E-state index contributed by atoms with van der Waals surface area (Å²) in [4.78, 5) is 25.5. The fraction of sp³-hybridized carbons (Fsp3) is 0.500. The molecule has 2 aromatic heterocycles. The predicted molar refractivity (Wildman–Crippen MR) is 141 cm³/mol. The smallest absolute Gasteiger partial charge is 0.318 e. The zero-order valence-corrected chi connectivity index (χ0v) is 22.1. The number of methoxy groups -OCH3 is 1. The van der Waals surface area contributed by atoms with Gasteiger partial charge in [0.05, 0.1) is 12.8 Å². The minimum absolute atomic E-state index is 0.0150. The van der Waals surface area contributed by atoms with Crippen LogP contribution in [0.5, 0.6) is 11.8 Å². The topological polar surface area (TPSA) is 103 Å². The maximum absolute atomic E-state index is 15.4. The lowest BCUT2D eigenvalue weighted by molar-refractivity contribution is 0.251. The zero-order valence-electron chi connectivity index (χ0n) is 21.4. The summed E-state index contributed by atoms with van der Waals surface area (Å²) in [7, 11) is 2.92. The van der Waals surface area contributed by atoms with Crippen molar-refractivity contribution in [1.29, 1.82) is 0 Å². The Morgan fingerprint density at radius 3 is 2.59 bits per heavy atom. The van der Waals surface area contributed by atoms with E-state index in [9.17, 15) is 14.3 Å². The van der Waals surface area contributed by atoms with E-state index in [1.54, 1.807) is 7.05 Å². The van der Waals surface area contributed by atoms with E-state index in [4.69, 9.17) is 16.3 Å². The Kier molecular flexibility index (Phi) is 8.18. The lowest BCUT2D eigenvalue weighted by Crippen LogP contribution is -2.28. The van der Waals surface area contributed by atoms with Crippen molar-refractivity contribution in [3.8, 4) is 23.0 Å². The Bertz CT molecular complexity index is 1340. The van der Waals surface area contributed by atoms with E-state index in [0.717, 1.165) is 32.2 Å². The fourth-order valence-electron chi connectivity index (χ4n) is 4.95. The highest BCUT2D eigenvalue weighted by Crippen LogP contribution is 2.49. The molecule has 2 fully saturated rings. The van der Waals surface area contributed by atoms with E-state index < -0.39 is 17.5 Å². The van der Waals surface area contributed by atoms with Crippen LogP contribution < -0.4 is 15.6 Å². The number of aromatic nitrogens is 3. The summed E-state index contributed by atoms with van der Waals surface area (Å²) in [5, 5.41) is 13.0. The molecular weight excluding hydrogens is 504 g/mol. The van der Waals surface area contributed by atoms with Crippen molar-refractivity contribution in [1.82, 2.24) is 19.9 Å². The Labute approximate surface area is 219 Å². The summed E-state index contributed by atoms with van der Waals surface area (Å²) in [5.41, 5.74) is 0.247. The molecule has 11 heteroatoms. The molecule has 3 heterocycles. The first-order valence-electron chi connectivity index (χ1n) is 12.5. The van der Waals surface area contributed by atoms with E-state index in [1.165, 1.54) is 19.2 Å². The summed E-state index contributed by atoms with van der Waals surface area (Å²) in [5.74, 6) is -0.541. The van der Waals surface area contributed by atoms with Crippen LogP contribution in [0, 0.1) is 5.82 Å². The highest BCUT2D eigenvalue weighted by molar-refractivity contribution is 6.32. The van der Waals surface area contributed by atoms with Gasteiger partial charge in [0.25, 0.3) is 5.56 Å². The molecule has 2 unspecified atom stereocenters. The highest BCUT2D eigenvalue weighted by Gasteiger charge is 2.31. The molecule has 0 amide bonds. The Morgan fingerprint density at radius 1 is 1.30 bits per heavy atom. The van der Waals surface area contributed by atoms with Crippen LogP contribution in [0.25, 0.3) is 22.2 Å². The second-order valence-electron chi connectivity index (χ2n) is 9.32. The summed E-state index contributed by atoms with van der Waals surface area (Å²) in [6.45, 7) is 5.89. The van der Waals surface area contributed by atoms with Crippen molar-refractivity contribution < 1.29 is 18.6 Å². The van der Waals surface area contributed by atoms with Crippen LogP contribution in [0.3, 0.4) is 0 Å². The maximum atomic E-state index is 15.4. The average molecular weight is 536 g/mol. The SMILES string of the molecule is CCC1CC(F)CN1CC.CNc1nc(OC)nc2c(F)c(-c3cc(O)cc(Cl)c3C3CC3)[nH]c(=O)c12. The summed E-state index contributed by atoms with van der Waals surface area (Å²) < 4.78 is 33.2. The number of benzene rings is 1. The van der Waals surface area contributed by atoms with Crippen LogP contribution in [-0.2, 0) is 0 Å². The number of alkyl halides is 1. The number of anilines is 1.